The van der Waals surface area contributed by atoms with Crippen LogP contribution in [-0.2, 0) is 6.54 Å². The molecule has 1 N–H and O–H groups in total. The lowest BCUT2D eigenvalue weighted by molar-refractivity contribution is -0.385. The Balaban J connectivity index is 2.08. The molecule has 0 aliphatic heterocycles. The number of nitro benzene ring substituents is 1. The van der Waals surface area contributed by atoms with E-state index in [0.717, 1.165) is 0 Å². The van der Waals surface area contributed by atoms with E-state index in [9.17, 15) is 10.1 Å². The van der Waals surface area contributed by atoms with Crippen molar-refractivity contribution in [2.24, 2.45) is 0 Å². The Morgan fingerprint density at radius 2 is 2.25 bits per heavy atom. The van der Waals surface area contributed by atoms with Crippen molar-refractivity contribution < 1.29 is 4.92 Å². The van der Waals surface area contributed by atoms with Crippen molar-refractivity contribution in [1.29, 1.82) is 0 Å². The lowest BCUT2D eigenvalue weighted by Gasteiger charge is -2.26. The predicted octanol–water partition coefficient (Wildman–Crippen LogP) is 2.89. The zero-order valence-corrected chi connectivity index (χ0v) is 9.54. The monoisotopic (exact) mass is 240 g/mol. The third-order valence-corrected chi connectivity index (χ3v) is 3.17. The van der Waals surface area contributed by atoms with Gasteiger partial charge in [0.25, 0.3) is 5.69 Å². The topological polar surface area (TPSA) is 55.2 Å². The van der Waals surface area contributed by atoms with E-state index in [1.807, 2.05) is 0 Å². The van der Waals surface area contributed by atoms with E-state index < -0.39 is 0 Å². The Morgan fingerprint density at radius 3 is 2.81 bits per heavy atom. The Labute approximate surface area is 98.8 Å². The fraction of sp³-hybridized carbons (Fsp3) is 0.455. The molecule has 0 heterocycles. The molecule has 5 heteroatoms. The second kappa shape index (κ2) is 4.80. The first kappa shape index (κ1) is 11.4. The molecule has 1 fully saturated rings. The van der Waals surface area contributed by atoms with Gasteiger partial charge in [-0.2, -0.15) is 0 Å². The molecule has 0 spiro atoms. The molecule has 0 bridgehead atoms. The zero-order chi connectivity index (χ0) is 11.5. The van der Waals surface area contributed by atoms with E-state index in [1.165, 1.54) is 25.3 Å². The second-order valence-corrected chi connectivity index (χ2v) is 4.48. The van der Waals surface area contributed by atoms with E-state index in [2.05, 4.69) is 5.32 Å². The quantitative estimate of drug-likeness (QED) is 0.650. The van der Waals surface area contributed by atoms with Crippen LogP contribution in [0.1, 0.15) is 24.8 Å². The number of benzene rings is 1. The van der Waals surface area contributed by atoms with Gasteiger partial charge in [0, 0.05) is 29.2 Å². The Bertz CT molecular complexity index is 405. The predicted molar refractivity (Wildman–Crippen MR) is 62.6 cm³/mol. The summed E-state index contributed by atoms with van der Waals surface area (Å²) in [6.45, 7) is 0.540. The third-order valence-electron chi connectivity index (χ3n) is 2.93. The van der Waals surface area contributed by atoms with Gasteiger partial charge in [0.2, 0.25) is 0 Å². The lowest BCUT2D eigenvalue weighted by atomic mass is 9.93. The molecule has 2 rings (SSSR count). The van der Waals surface area contributed by atoms with Crippen LogP contribution in [0.15, 0.2) is 18.2 Å². The average molecular weight is 241 g/mol. The highest BCUT2D eigenvalue weighted by atomic mass is 35.5. The summed E-state index contributed by atoms with van der Waals surface area (Å²) in [5, 5.41) is 14.5. The van der Waals surface area contributed by atoms with Crippen LogP contribution in [-0.4, -0.2) is 11.0 Å². The number of nitrogens with one attached hydrogen (secondary N) is 1. The molecule has 0 radical (unpaired) electrons. The van der Waals surface area contributed by atoms with Gasteiger partial charge in [-0.1, -0.05) is 18.0 Å². The minimum atomic E-state index is -0.385. The molecule has 1 aliphatic carbocycles. The summed E-state index contributed by atoms with van der Waals surface area (Å²) in [5.74, 6) is 0. The molecule has 0 unspecified atom stereocenters. The van der Waals surface area contributed by atoms with Crippen molar-refractivity contribution in [1.82, 2.24) is 5.32 Å². The van der Waals surface area contributed by atoms with Gasteiger partial charge in [-0.3, -0.25) is 10.1 Å². The summed E-state index contributed by atoms with van der Waals surface area (Å²) in [4.78, 5) is 10.4. The highest BCUT2D eigenvalue weighted by Gasteiger charge is 2.19. The summed E-state index contributed by atoms with van der Waals surface area (Å²) >= 11 is 5.74. The molecule has 86 valence electrons. The van der Waals surface area contributed by atoms with Gasteiger partial charge in [-0.15, -0.1) is 0 Å². The number of halogens is 1. The first-order valence-corrected chi connectivity index (χ1v) is 5.71. The third kappa shape index (κ3) is 2.51. The van der Waals surface area contributed by atoms with Crippen molar-refractivity contribution in [2.45, 2.75) is 31.8 Å². The maximum absolute atomic E-state index is 10.8. The fourth-order valence-electron chi connectivity index (χ4n) is 1.72. The second-order valence-electron chi connectivity index (χ2n) is 4.04. The van der Waals surface area contributed by atoms with Crippen LogP contribution >= 0.6 is 11.6 Å². The number of nitro groups is 1. The highest BCUT2D eigenvalue weighted by molar-refractivity contribution is 6.30. The molecule has 0 atom stereocenters. The Kier molecular flexibility index (Phi) is 3.41. The highest BCUT2D eigenvalue weighted by Crippen LogP contribution is 2.24. The van der Waals surface area contributed by atoms with Crippen LogP contribution in [0.25, 0.3) is 0 Å². The van der Waals surface area contributed by atoms with Crippen molar-refractivity contribution in [3.63, 3.8) is 0 Å². The van der Waals surface area contributed by atoms with Crippen LogP contribution < -0.4 is 5.32 Å². The van der Waals surface area contributed by atoms with Gasteiger partial charge >= 0.3 is 0 Å². The van der Waals surface area contributed by atoms with Gasteiger partial charge in [0.05, 0.1) is 4.92 Å². The van der Waals surface area contributed by atoms with Crippen molar-refractivity contribution in [3.05, 3.63) is 38.9 Å². The first-order chi connectivity index (χ1) is 7.66. The van der Waals surface area contributed by atoms with E-state index >= 15 is 0 Å². The van der Waals surface area contributed by atoms with E-state index in [0.29, 0.717) is 23.2 Å². The van der Waals surface area contributed by atoms with Gasteiger partial charge < -0.3 is 5.32 Å². The number of rotatable bonds is 4. The summed E-state index contributed by atoms with van der Waals surface area (Å²) < 4.78 is 0. The van der Waals surface area contributed by atoms with Crippen molar-refractivity contribution in [2.75, 3.05) is 0 Å². The summed E-state index contributed by atoms with van der Waals surface area (Å²) in [7, 11) is 0. The lowest BCUT2D eigenvalue weighted by Crippen LogP contribution is -2.34. The van der Waals surface area contributed by atoms with Crippen molar-refractivity contribution in [3.8, 4) is 0 Å². The van der Waals surface area contributed by atoms with Gasteiger partial charge in [0.1, 0.15) is 0 Å². The molecular formula is C11H13ClN2O2. The van der Waals surface area contributed by atoms with Gasteiger partial charge in [0.15, 0.2) is 0 Å². The summed E-state index contributed by atoms with van der Waals surface area (Å²) in [6.07, 6.45) is 3.59. The smallest absolute Gasteiger partial charge is 0.275 e. The van der Waals surface area contributed by atoms with E-state index in [1.54, 1.807) is 12.1 Å². The molecule has 1 aromatic carbocycles. The molecule has 1 aromatic rings. The van der Waals surface area contributed by atoms with Crippen LogP contribution in [0.5, 0.6) is 0 Å². The van der Waals surface area contributed by atoms with Crippen LogP contribution in [0, 0.1) is 10.1 Å². The van der Waals surface area contributed by atoms with Crippen LogP contribution in [0.3, 0.4) is 0 Å². The molecule has 4 nitrogen and oxygen atoms in total. The molecule has 1 aliphatic rings. The van der Waals surface area contributed by atoms with E-state index in [4.69, 9.17) is 11.6 Å². The molecule has 16 heavy (non-hydrogen) atoms. The number of hydrogen-bond acceptors (Lipinski definition) is 3. The Hall–Kier alpha value is -1.13. The van der Waals surface area contributed by atoms with Crippen LogP contribution in [0.4, 0.5) is 5.69 Å². The zero-order valence-electron chi connectivity index (χ0n) is 8.78. The number of hydrogen-bond donors (Lipinski definition) is 1. The largest absolute Gasteiger partial charge is 0.310 e. The SMILES string of the molecule is O=[N+]([O-])c1cc(Cl)ccc1CNC1CCC1. The number of nitrogens with zero attached hydrogens (tertiary/aromatic N) is 1. The molecule has 1 saturated carbocycles. The normalized spacial score (nSPS) is 15.8. The molecular weight excluding hydrogens is 228 g/mol. The summed E-state index contributed by atoms with van der Waals surface area (Å²) in [5.41, 5.74) is 0.792. The standard InChI is InChI=1S/C11H13ClN2O2/c12-9-5-4-8(11(6-9)14(15)16)7-13-10-2-1-3-10/h4-6,10,13H,1-3,7H2. The first-order valence-electron chi connectivity index (χ1n) is 5.33. The minimum Gasteiger partial charge on any atom is -0.310 e. The van der Waals surface area contributed by atoms with Gasteiger partial charge in [-0.05, 0) is 25.0 Å². The summed E-state index contributed by atoms with van der Waals surface area (Å²) in [6, 6.07) is 5.33. The van der Waals surface area contributed by atoms with Gasteiger partial charge in [-0.25, -0.2) is 0 Å². The van der Waals surface area contributed by atoms with Crippen LogP contribution in [0.2, 0.25) is 5.02 Å². The molecule has 0 amide bonds. The maximum Gasteiger partial charge on any atom is 0.275 e. The molecule has 0 saturated heterocycles. The van der Waals surface area contributed by atoms with Crippen molar-refractivity contribution >= 4 is 17.3 Å². The minimum absolute atomic E-state index is 0.0966. The van der Waals surface area contributed by atoms with E-state index in [-0.39, 0.29) is 10.6 Å². The molecule has 0 aromatic heterocycles. The Morgan fingerprint density at radius 1 is 1.50 bits per heavy atom. The maximum atomic E-state index is 10.8. The fourth-order valence-corrected chi connectivity index (χ4v) is 1.89. The average Bonchev–Trinajstić information content (AvgIpc) is 2.17.